The van der Waals surface area contributed by atoms with Crippen molar-refractivity contribution < 1.29 is 0 Å². The van der Waals surface area contributed by atoms with Gasteiger partial charge in [0.15, 0.2) is 0 Å². The molecule has 0 atom stereocenters. The van der Waals surface area contributed by atoms with Gasteiger partial charge in [-0.25, -0.2) is 9.97 Å². The second kappa shape index (κ2) is 3.52. The Morgan fingerprint density at radius 3 is 2.79 bits per heavy atom. The molecule has 1 heterocycles. The van der Waals surface area contributed by atoms with Crippen molar-refractivity contribution in [3.05, 3.63) is 34.6 Å². The third kappa shape index (κ3) is 1.56. The summed E-state index contributed by atoms with van der Waals surface area (Å²) >= 11 is 5.85. The Morgan fingerprint density at radius 1 is 1.29 bits per heavy atom. The van der Waals surface area contributed by atoms with E-state index in [0.717, 1.165) is 22.4 Å². The maximum absolute atomic E-state index is 5.85. The van der Waals surface area contributed by atoms with Gasteiger partial charge >= 0.3 is 0 Å². The first kappa shape index (κ1) is 9.37. The lowest BCUT2D eigenvalue weighted by Crippen LogP contribution is -2.04. The zero-order valence-electron chi connectivity index (χ0n) is 7.79. The van der Waals surface area contributed by atoms with Crippen LogP contribution in [0.3, 0.4) is 0 Å². The molecule has 0 spiro atoms. The molecule has 0 aliphatic rings. The van der Waals surface area contributed by atoms with Gasteiger partial charge in [0.05, 0.1) is 22.4 Å². The molecule has 0 aliphatic carbocycles. The lowest BCUT2D eigenvalue weighted by molar-refractivity contribution is 0.955. The molecule has 2 aromatic rings. The van der Waals surface area contributed by atoms with Gasteiger partial charge in [-0.2, -0.15) is 0 Å². The fraction of sp³-hybridized carbons (Fsp3) is 0.200. The van der Waals surface area contributed by atoms with E-state index in [0.29, 0.717) is 11.6 Å². The Balaban J connectivity index is 2.73. The lowest BCUT2D eigenvalue weighted by atomic mass is 10.2. The molecule has 3 nitrogen and oxygen atoms in total. The normalized spacial score (nSPS) is 10.8. The third-order valence-corrected chi connectivity index (χ3v) is 2.33. The van der Waals surface area contributed by atoms with Crippen LogP contribution in [0.1, 0.15) is 11.4 Å². The van der Waals surface area contributed by atoms with Crippen LogP contribution >= 0.6 is 11.6 Å². The quantitative estimate of drug-likeness (QED) is 0.779. The number of aromatic nitrogens is 2. The average molecular weight is 208 g/mol. The van der Waals surface area contributed by atoms with Gasteiger partial charge in [-0.3, -0.25) is 0 Å². The highest BCUT2D eigenvalue weighted by atomic mass is 35.5. The fourth-order valence-corrected chi connectivity index (χ4v) is 1.51. The molecule has 1 aromatic carbocycles. The van der Waals surface area contributed by atoms with Crippen molar-refractivity contribution >= 4 is 22.6 Å². The number of hydrogen-bond acceptors (Lipinski definition) is 3. The van der Waals surface area contributed by atoms with Gasteiger partial charge in [0, 0.05) is 11.6 Å². The van der Waals surface area contributed by atoms with Crippen molar-refractivity contribution in [3.63, 3.8) is 0 Å². The predicted molar refractivity (Wildman–Crippen MR) is 57.2 cm³/mol. The average Bonchev–Trinajstić information content (AvgIpc) is 2.17. The molecule has 0 unspecified atom stereocenters. The van der Waals surface area contributed by atoms with Crippen LogP contribution in [0.15, 0.2) is 18.2 Å². The van der Waals surface area contributed by atoms with E-state index in [-0.39, 0.29) is 0 Å². The third-order valence-electron chi connectivity index (χ3n) is 2.09. The summed E-state index contributed by atoms with van der Waals surface area (Å²) < 4.78 is 0. The second-order valence-corrected chi connectivity index (χ2v) is 3.53. The van der Waals surface area contributed by atoms with Crippen molar-refractivity contribution in [2.75, 3.05) is 0 Å². The van der Waals surface area contributed by atoms with Crippen LogP contribution in [0.5, 0.6) is 0 Å². The van der Waals surface area contributed by atoms with Crippen molar-refractivity contribution in [2.24, 2.45) is 5.73 Å². The molecule has 0 amide bonds. The molecule has 2 N–H and O–H groups in total. The minimum absolute atomic E-state index is 0.404. The molecule has 2 rings (SSSR count). The summed E-state index contributed by atoms with van der Waals surface area (Å²) in [5.41, 5.74) is 8.89. The van der Waals surface area contributed by atoms with Crippen molar-refractivity contribution in [1.82, 2.24) is 9.97 Å². The Kier molecular flexibility index (Phi) is 2.35. The summed E-state index contributed by atoms with van der Waals surface area (Å²) in [4.78, 5) is 8.77. The monoisotopic (exact) mass is 207 g/mol. The van der Waals surface area contributed by atoms with E-state index in [1.54, 1.807) is 12.1 Å². The summed E-state index contributed by atoms with van der Waals surface area (Å²) in [6, 6.07) is 5.46. The molecule has 14 heavy (non-hydrogen) atoms. The van der Waals surface area contributed by atoms with Crippen molar-refractivity contribution in [1.29, 1.82) is 0 Å². The first-order chi connectivity index (χ1) is 6.70. The van der Waals surface area contributed by atoms with Crippen LogP contribution in [-0.4, -0.2) is 9.97 Å². The number of nitrogens with two attached hydrogens (primary N) is 1. The maximum atomic E-state index is 5.85. The van der Waals surface area contributed by atoms with E-state index < -0.39 is 0 Å². The van der Waals surface area contributed by atoms with Crippen LogP contribution in [0.25, 0.3) is 11.0 Å². The topological polar surface area (TPSA) is 51.8 Å². The number of rotatable bonds is 1. The van der Waals surface area contributed by atoms with E-state index in [1.807, 2.05) is 13.0 Å². The summed E-state index contributed by atoms with van der Waals surface area (Å²) in [5, 5.41) is 0.665. The summed E-state index contributed by atoms with van der Waals surface area (Å²) in [7, 11) is 0. The Labute approximate surface area is 86.9 Å². The van der Waals surface area contributed by atoms with Gasteiger partial charge in [0.2, 0.25) is 0 Å². The van der Waals surface area contributed by atoms with E-state index in [4.69, 9.17) is 17.3 Å². The molecule has 0 saturated heterocycles. The molecule has 72 valence electrons. The molecule has 0 fully saturated rings. The minimum atomic E-state index is 0.404. The maximum Gasteiger partial charge on any atom is 0.0905 e. The van der Waals surface area contributed by atoms with Crippen LogP contribution in [0, 0.1) is 6.92 Å². The summed E-state index contributed by atoms with van der Waals surface area (Å²) in [6.45, 7) is 2.31. The fourth-order valence-electron chi connectivity index (χ4n) is 1.35. The summed E-state index contributed by atoms with van der Waals surface area (Å²) in [6.07, 6.45) is 0. The van der Waals surface area contributed by atoms with Crippen LogP contribution in [-0.2, 0) is 6.54 Å². The molecule has 4 heteroatoms. The predicted octanol–water partition coefficient (Wildman–Crippen LogP) is 2.05. The number of benzene rings is 1. The highest BCUT2D eigenvalue weighted by Crippen LogP contribution is 2.17. The van der Waals surface area contributed by atoms with Crippen molar-refractivity contribution in [3.8, 4) is 0 Å². The van der Waals surface area contributed by atoms with Crippen molar-refractivity contribution in [2.45, 2.75) is 13.5 Å². The number of halogens is 1. The zero-order chi connectivity index (χ0) is 10.1. The van der Waals surface area contributed by atoms with Crippen LogP contribution < -0.4 is 5.73 Å². The number of aryl methyl sites for hydroxylation is 1. The smallest absolute Gasteiger partial charge is 0.0905 e. The first-order valence-corrected chi connectivity index (χ1v) is 4.71. The molecule has 0 saturated carbocycles. The first-order valence-electron chi connectivity index (χ1n) is 4.33. The van der Waals surface area contributed by atoms with E-state index in [9.17, 15) is 0 Å². The Hall–Kier alpha value is -1.19. The highest BCUT2D eigenvalue weighted by molar-refractivity contribution is 6.31. The largest absolute Gasteiger partial charge is 0.325 e. The van der Waals surface area contributed by atoms with Crippen LogP contribution in [0.4, 0.5) is 0 Å². The van der Waals surface area contributed by atoms with Gasteiger partial charge in [-0.15, -0.1) is 0 Å². The van der Waals surface area contributed by atoms with E-state index in [2.05, 4.69) is 9.97 Å². The van der Waals surface area contributed by atoms with Gasteiger partial charge in [-0.1, -0.05) is 11.6 Å². The van der Waals surface area contributed by atoms with Gasteiger partial charge in [-0.05, 0) is 25.1 Å². The van der Waals surface area contributed by atoms with Gasteiger partial charge in [0.1, 0.15) is 0 Å². The number of hydrogen-bond donors (Lipinski definition) is 1. The Bertz CT molecular complexity index is 482. The zero-order valence-corrected chi connectivity index (χ0v) is 8.54. The molecular weight excluding hydrogens is 198 g/mol. The number of nitrogens with zero attached hydrogens (tertiary/aromatic N) is 2. The number of fused-ring (bicyclic) bond motifs is 1. The SMILES string of the molecule is Cc1nc2ccc(Cl)cc2nc1CN. The molecule has 0 radical (unpaired) electrons. The van der Waals surface area contributed by atoms with Gasteiger partial charge < -0.3 is 5.73 Å². The highest BCUT2D eigenvalue weighted by Gasteiger charge is 2.03. The minimum Gasteiger partial charge on any atom is -0.325 e. The molecule has 0 bridgehead atoms. The Morgan fingerprint density at radius 2 is 2.07 bits per heavy atom. The molecule has 1 aromatic heterocycles. The van der Waals surface area contributed by atoms with E-state index >= 15 is 0 Å². The molecular formula is C10H10ClN3. The van der Waals surface area contributed by atoms with E-state index in [1.165, 1.54) is 0 Å². The van der Waals surface area contributed by atoms with Crippen LogP contribution in [0.2, 0.25) is 5.02 Å². The van der Waals surface area contributed by atoms with Gasteiger partial charge in [0.25, 0.3) is 0 Å². The lowest BCUT2D eigenvalue weighted by Gasteiger charge is -2.03. The second-order valence-electron chi connectivity index (χ2n) is 3.09. The standard InChI is InChI=1S/C10H10ClN3/c1-6-10(5-12)14-9-4-7(11)2-3-8(9)13-6/h2-4H,5,12H2,1H3. The summed E-state index contributed by atoms with van der Waals surface area (Å²) in [5.74, 6) is 0. The molecule has 0 aliphatic heterocycles.